The van der Waals surface area contributed by atoms with Crippen molar-refractivity contribution in [3.63, 3.8) is 0 Å². The molecule has 0 radical (unpaired) electrons. The zero-order valence-corrected chi connectivity index (χ0v) is 22.5. The summed E-state index contributed by atoms with van der Waals surface area (Å²) in [6, 6.07) is 9.82. The molecule has 2 aromatic rings. The van der Waals surface area contributed by atoms with E-state index in [0.29, 0.717) is 10.6 Å². The second kappa shape index (κ2) is 9.14. The first kappa shape index (κ1) is 24.7. The molecular formula is C23H17Br2Cl2N3O5. The Bertz CT molecular complexity index is 1230. The Morgan fingerprint density at radius 2 is 1.57 bits per heavy atom. The molecule has 0 N–H and O–H groups in total. The molecule has 2 bridgehead atoms. The van der Waals surface area contributed by atoms with E-state index in [9.17, 15) is 24.5 Å². The van der Waals surface area contributed by atoms with Crippen LogP contribution in [0.1, 0.15) is 22.3 Å². The molecule has 1 saturated heterocycles. The summed E-state index contributed by atoms with van der Waals surface area (Å²) in [5.74, 6) is -2.50. The second-order valence-corrected chi connectivity index (χ2v) is 11.8. The number of rotatable bonds is 5. The fourth-order valence-electron chi connectivity index (χ4n) is 5.49. The fraction of sp³-hybridized carbons (Fsp3) is 0.348. The number of hydrogen-bond donors (Lipinski definition) is 0. The molecule has 12 heteroatoms. The van der Waals surface area contributed by atoms with Crippen LogP contribution in [0.25, 0.3) is 0 Å². The maximum absolute atomic E-state index is 13.6. The maximum atomic E-state index is 13.6. The minimum atomic E-state index is -0.634. The van der Waals surface area contributed by atoms with Gasteiger partial charge in [-0.2, -0.15) is 5.01 Å². The molecule has 2 aromatic carbocycles. The summed E-state index contributed by atoms with van der Waals surface area (Å²) in [7, 11) is 0. The quantitative estimate of drug-likeness (QED) is 0.192. The normalized spacial score (nSPS) is 29.0. The number of fused-ring (bicyclic) bond motifs is 5. The Morgan fingerprint density at radius 3 is 2.09 bits per heavy atom. The number of nitro benzene ring substituents is 1. The predicted octanol–water partition coefficient (Wildman–Crippen LogP) is 5.24. The van der Waals surface area contributed by atoms with E-state index in [-0.39, 0.29) is 44.3 Å². The SMILES string of the molecule is O=C(c1ccc([N+](=O)[O-])cc1)N(Cc1ccc(Cl)c(Cl)c1)N1C(=O)[C@@H]2[C@H]3C[C@@H]([C@H](Br)[C@@H]3Br)[C@@H]2C1=O. The first-order valence-corrected chi connectivity index (χ1v) is 13.3. The summed E-state index contributed by atoms with van der Waals surface area (Å²) in [6.45, 7) is -0.117. The molecule has 182 valence electrons. The van der Waals surface area contributed by atoms with Crippen LogP contribution in [0.3, 0.4) is 0 Å². The van der Waals surface area contributed by atoms with Crippen LogP contribution in [-0.2, 0) is 16.1 Å². The third kappa shape index (κ3) is 3.98. The summed E-state index contributed by atoms with van der Waals surface area (Å²) in [4.78, 5) is 51.4. The van der Waals surface area contributed by atoms with Crippen LogP contribution in [0.15, 0.2) is 42.5 Å². The van der Waals surface area contributed by atoms with Crippen molar-refractivity contribution in [1.82, 2.24) is 10.0 Å². The van der Waals surface area contributed by atoms with Gasteiger partial charge in [-0.25, -0.2) is 5.01 Å². The van der Waals surface area contributed by atoms with Gasteiger partial charge in [-0.1, -0.05) is 61.1 Å². The molecule has 0 aromatic heterocycles. The standard InChI is InChI=1S/C23H17Br2Cl2N3O5/c24-19-13-8-14(20(19)25)18-17(13)22(32)29(23(18)33)28(9-10-1-6-15(26)16(27)7-10)21(31)11-2-4-12(5-3-11)30(34)35/h1-7,13-14,17-20H,8-9H2/t13-,14-,17-,18+,19-,20+/m1/s1. The van der Waals surface area contributed by atoms with Crippen molar-refractivity contribution in [2.24, 2.45) is 23.7 Å². The summed E-state index contributed by atoms with van der Waals surface area (Å²) in [5, 5.41) is 13.7. The first-order valence-electron chi connectivity index (χ1n) is 10.8. The Kier molecular flexibility index (Phi) is 6.44. The third-order valence-corrected chi connectivity index (χ3v) is 11.0. The van der Waals surface area contributed by atoms with Gasteiger partial charge in [0.15, 0.2) is 0 Å². The molecule has 5 rings (SSSR count). The van der Waals surface area contributed by atoms with E-state index in [1.165, 1.54) is 24.3 Å². The largest absolute Gasteiger partial charge is 0.273 e. The van der Waals surface area contributed by atoms with Crippen molar-refractivity contribution >= 4 is 78.5 Å². The monoisotopic (exact) mass is 643 g/mol. The molecule has 1 heterocycles. The van der Waals surface area contributed by atoms with E-state index >= 15 is 0 Å². The molecule has 3 amide bonds. The summed E-state index contributed by atoms with van der Waals surface area (Å²) >= 11 is 19.5. The van der Waals surface area contributed by atoms with Gasteiger partial charge in [0.05, 0.1) is 33.3 Å². The van der Waals surface area contributed by atoms with E-state index in [2.05, 4.69) is 31.9 Å². The summed E-state index contributed by atoms with van der Waals surface area (Å²) in [6.07, 6.45) is 0.760. The minimum absolute atomic E-state index is 0.0165. The summed E-state index contributed by atoms with van der Waals surface area (Å²) in [5.41, 5.74) is 0.490. The number of carbonyl (C=O) groups is 3. The number of imide groups is 1. The number of hydrogen-bond acceptors (Lipinski definition) is 5. The molecule has 2 saturated carbocycles. The van der Waals surface area contributed by atoms with Gasteiger partial charge in [-0.3, -0.25) is 24.5 Å². The lowest BCUT2D eigenvalue weighted by molar-refractivity contribution is -0.384. The molecule has 35 heavy (non-hydrogen) atoms. The highest BCUT2D eigenvalue weighted by Crippen LogP contribution is 2.60. The first-order chi connectivity index (χ1) is 16.6. The minimum Gasteiger partial charge on any atom is -0.272 e. The van der Waals surface area contributed by atoms with Gasteiger partial charge < -0.3 is 0 Å². The Labute approximate surface area is 226 Å². The van der Waals surface area contributed by atoms with Crippen LogP contribution in [0.2, 0.25) is 10.0 Å². The topological polar surface area (TPSA) is 101 Å². The highest BCUT2D eigenvalue weighted by molar-refractivity contribution is 9.12. The summed E-state index contributed by atoms with van der Waals surface area (Å²) < 4.78 is 0. The van der Waals surface area contributed by atoms with Crippen LogP contribution < -0.4 is 0 Å². The molecule has 0 unspecified atom stereocenters. The van der Waals surface area contributed by atoms with E-state index in [0.717, 1.165) is 16.4 Å². The van der Waals surface area contributed by atoms with Gasteiger partial charge in [0.1, 0.15) is 0 Å². The highest BCUT2D eigenvalue weighted by atomic mass is 79.9. The lowest BCUT2D eigenvalue weighted by atomic mass is 9.81. The van der Waals surface area contributed by atoms with Gasteiger partial charge in [-0.05, 0) is 48.1 Å². The number of amides is 3. The zero-order valence-electron chi connectivity index (χ0n) is 17.8. The highest BCUT2D eigenvalue weighted by Gasteiger charge is 2.67. The number of non-ortho nitro benzene ring substituents is 1. The maximum Gasteiger partial charge on any atom is 0.273 e. The number of nitro groups is 1. The number of halogens is 4. The molecule has 0 spiro atoms. The molecule has 3 aliphatic rings. The molecule has 1 aliphatic heterocycles. The lowest BCUT2D eigenvalue weighted by Gasteiger charge is -2.31. The van der Waals surface area contributed by atoms with Gasteiger partial charge >= 0.3 is 0 Å². The van der Waals surface area contributed by atoms with Gasteiger partial charge in [-0.15, -0.1) is 0 Å². The number of benzene rings is 2. The number of nitrogens with zero attached hydrogens (tertiary/aromatic N) is 3. The van der Waals surface area contributed by atoms with Crippen molar-refractivity contribution in [1.29, 1.82) is 0 Å². The van der Waals surface area contributed by atoms with Crippen LogP contribution in [0, 0.1) is 33.8 Å². The Hall–Kier alpha value is -2.01. The van der Waals surface area contributed by atoms with Crippen molar-refractivity contribution < 1.29 is 19.3 Å². The fourth-order valence-corrected chi connectivity index (χ4v) is 7.68. The van der Waals surface area contributed by atoms with Gasteiger partial charge in [0.25, 0.3) is 23.4 Å². The lowest BCUT2D eigenvalue weighted by Crippen LogP contribution is -2.50. The molecule has 2 aliphatic carbocycles. The van der Waals surface area contributed by atoms with Crippen molar-refractivity contribution in [2.45, 2.75) is 22.6 Å². The zero-order chi connectivity index (χ0) is 25.2. The average molecular weight is 646 g/mol. The van der Waals surface area contributed by atoms with Crippen molar-refractivity contribution in [2.75, 3.05) is 0 Å². The predicted molar refractivity (Wildman–Crippen MR) is 135 cm³/mol. The van der Waals surface area contributed by atoms with Crippen LogP contribution in [0.5, 0.6) is 0 Å². The molecular weight excluding hydrogens is 629 g/mol. The van der Waals surface area contributed by atoms with Crippen LogP contribution in [-0.4, -0.2) is 42.3 Å². The third-order valence-electron chi connectivity index (χ3n) is 7.08. The van der Waals surface area contributed by atoms with Gasteiger partial charge in [0, 0.05) is 27.4 Å². The van der Waals surface area contributed by atoms with E-state index in [1.807, 2.05) is 0 Å². The molecule has 3 fully saturated rings. The Balaban J connectivity index is 1.52. The number of carbonyl (C=O) groups excluding carboxylic acids is 3. The van der Waals surface area contributed by atoms with Crippen LogP contribution >= 0.6 is 55.1 Å². The number of hydrazine groups is 1. The van der Waals surface area contributed by atoms with Crippen molar-refractivity contribution in [3.8, 4) is 0 Å². The Morgan fingerprint density at radius 1 is 1.00 bits per heavy atom. The van der Waals surface area contributed by atoms with Crippen molar-refractivity contribution in [3.05, 3.63) is 73.8 Å². The van der Waals surface area contributed by atoms with Crippen LogP contribution in [0.4, 0.5) is 5.69 Å². The van der Waals surface area contributed by atoms with E-state index in [1.54, 1.807) is 18.2 Å². The van der Waals surface area contributed by atoms with E-state index < -0.39 is 34.5 Å². The second-order valence-electron chi connectivity index (χ2n) is 8.91. The smallest absolute Gasteiger partial charge is 0.272 e. The molecule has 8 nitrogen and oxygen atoms in total. The number of alkyl halides is 2. The average Bonchev–Trinajstić information content (AvgIpc) is 3.44. The molecule has 6 atom stereocenters. The van der Waals surface area contributed by atoms with E-state index in [4.69, 9.17) is 23.2 Å². The van der Waals surface area contributed by atoms with Gasteiger partial charge in [0.2, 0.25) is 0 Å².